The van der Waals surface area contributed by atoms with Gasteiger partial charge < -0.3 is 9.47 Å². The lowest BCUT2D eigenvalue weighted by Gasteiger charge is -2.40. The molecule has 1 aromatic rings. The van der Waals surface area contributed by atoms with Crippen LogP contribution in [0.5, 0.6) is 5.75 Å². The molecular formula is C18H26O3. The summed E-state index contributed by atoms with van der Waals surface area (Å²) in [6.07, 6.45) is 3.86. The van der Waals surface area contributed by atoms with Gasteiger partial charge in [-0.05, 0) is 54.2 Å². The molecule has 21 heavy (non-hydrogen) atoms. The van der Waals surface area contributed by atoms with Gasteiger partial charge in [0, 0.05) is 6.42 Å². The number of carbonyl (C=O) groups is 1. The van der Waals surface area contributed by atoms with Crippen LogP contribution < -0.4 is 4.74 Å². The number of rotatable bonds is 4. The standard InChI is InChI=1S/C18H26O3/c1-18(2)9-8-16(14(12-18)11-17(19)21-4)13-6-5-7-15(10-13)20-3/h5-7,10,14,16H,8-9,11-12H2,1-4H3/t14-,16-/m0/s1. The third kappa shape index (κ3) is 3.99. The molecule has 0 amide bonds. The fraction of sp³-hybridized carbons (Fsp3) is 0.611. The lowest BCUT2D eigenvalue weighted by molar-refractivity contribution is -0.142. The van der Waals surface area contributed by atoms with E-state index in [9.17, 15) is 4.79 Å². The van der Waals surface area contributed by atoms with E-state index in [1.54, 1.807) is 7.11 Å². The van der Waals surface area contributed by atoms with Crippen molar-refractivity contribution in [1.29, 1.82) is 0 Å². The van der Waals surface area contributed by atoms with E-state index in [2.05, 4.69) is 26.0 Å². The van der Waals surface area contributed by atoms with Crippen molar-refractivity contribution in [3.63, 3.8) is 0 Å². The average Bonchev–Trinajstić information content (AvgIpc) is 2.46. The first kappa shape index (κ1) is 15.9. The van der Waals surface area contributed by atoms with Gasteiger partial charge >= 0.3 is 5.97 Å². The predicted octanol–water partition coefficient (Wildman–Crippen LogP) is 4.17. The van der Waals surface area contributed by atoms with Crippen LogP contribution >= 0.6 is 0 Å². The normalized spacial score (nSPS) is 24.4. The third-order valence-corrected chi connectivity index (χ3v) is 4.69. The van der Waals surface area contributed by atoms with Crippen molar-refractivity contribution >= 4 is 5.97 Å². The highest BCUT2D eigenvalue weighted by atomic mass is 16.5. The Morgan fingerprint density at radius 2 is 2.10 bits per heavy atom. The smallest absolute Gasteiger partial charge is 0.305 e. The van der Waals surface area contributed by atoms with E-state index in [-0.39, 0.29) is 5.97 Å². The SMILES string of the molecule is COC(=O)C[C@H]1CC(C)(C)CC[C@H]1c1cccc(OC)c1. The zero-order valence-corrected chi connectivity index (χ0v) is 13.5. The first-order valence-corrected chi connectivity index (χ1v) is 7.66. The molecule has 0 aromatic heterocycles. The zero-order chi connectivity index (χ0) is 15.5. The highest BCUT2D eigenvalue weighted by Crippen LogP contribution is 2.48. The first-order valence-electron chi connectivity index (χ1n) is 7.66. The van der Waals surface area contributed by atoms with E-state index < -0.39 is 0 Å². The van der Waals surface area contributed by atoms with Gasteiger partial charge in [0.1, 0.15) is 5.75 Å². The molecule has 1 aromatic carbocycles. The second-order valence-corrected chi connectivity index (χ2v) is 6.83. The maximum atomic E-state index is 11.7. The van der Waals surface area contributed by atoms with Crippen molar-refractivity contribution in [2.45, 2.75) is 45.4 Å². The minimum Gasteiger partial charge on any atom is -0.497 e. The number of esters is 1. The Balaban J connectivity index is 2.23. The van der Waals surface area contributed by atoms with E-state index in [0.717, 1.165) is 18.6 Å². The fourth-order valence-electron chi connectivity index (χ4n) is 3.56. The van der Waals surface area contributed by atoms with Gasteiger partial charge in [-0.1, -0.05) is 26.0 Å². The lowest BCUT2D eigenvalue weighted by Crippen LogP contribution is -2.30. The summed E-state index contributed by atoms with van der Waals surface area (Å²) in [7, 11) is 3.16. The molecular weight excluding hydrogens is 264 g/mol. The van der Waals surface area contributed by atoms with Gasteiger partial charge in [-0.25, -0.2) is 0 Å². The molecule has 0 heterocycles. The van der Waals surface area contributed by atoms with Crippen LogP contribution in [0.4, 0.5) is 0 Å². The van der Waals surface area contributed by atoms with Crippen LogP contribution in [0.3, 0.4) is 0 Å². The second kappa shape index (κ2) is 6.50. The third-order valence-electron chi connectivity index (χ3n) is 4.69. The van der Waals surface area contributed by atoms with Crippen molar-refractivity contribution < 1.29 is 14.3 Å². The summed E-state index contributed by atoms with van der Waals surface area (Å²) in [5.74, 6) is 1.53. The van der Waals surface area contributed by atoms with Gasteiger partial charge in [0.15, 0.2) is 0 Å². The molecule has 116 valence electrons. The number of methoxy groups -OCH3 is 2. The molecule has 3 nitrogen and oxygen atoms in total. The average molecular weight is 290 g/mol. The molecule has 1 aliphatic rings. The van der Waals surface area contributed by atoms with Gasteiger partial charge in [0.25, 0.3) is 0 Å². The molecule has 0 saturated heterocycles. The molecule has 3 heteroatoms. The monoisotopic (exact) mass is 290 g/mol. The predicted molar refractivity (Wildman–Crippen MR) is 83.5 cm³/mol. The van der Waals surface area contributed by atoms with Gasteiger partial charge in [-0.2, -0.15) is 0 Å². The van der Waals surface area contributed by atoms with E-state index in [4.69, 9.17) is 9.47 Å². The number of ether oxygens (including phenoxy) is 2. The molecule has 0 radical (unpaired) electrons. The fourth-order valence-corrected chi connectivity index (χ4v) is 3.56. The van der Waals surface area contributed by atoms with Gasteiger partial charge in [-0.3, -0.25) is 4.79 Å². The molecule has 1 saturated carbocycles. The summed E-state index contributed by atoms with van der Waals surface area (Å²) in [5, 5.41) is 0. The summed E-state index contributed by atoms with van der Waals surface area (Å²) in [5.41, 5.74) is 1.58. The van der Waals surface area contributed by atoms with Crippen molar-refractivity contribution in [2.75, 3.05) is 14.2 Å². The van der Waals surface area contributed by atoms with Crippen molar-refractivity contribution in [2.24, 2.45) is 11.3 Å². The Labute approximate surface area is 127 Å². The van der Waals surface area contributed by atoms with Crippen LogP contribution in [0.15, 0.2) is 24.3 Å². The van der Waals surface area contributed by atoms with Crippen molar-refractivity contribution in [3.8, 4) is 5.75 Å². The molecule has 0 bridgehead atoms. The van der Waals surface area contributed by atoms with E-state index >= 15 is 0 Å². The van der Waals surface area contributed by atoms with Crippen LogP contribution in [-0.4, -0.2) is 20.2 Å². The minimum atomic E-state index is -0.106. The van der Waals surface area contributed by atoms with Crippen molar-refractivity contribution in [3.05, 3.63) is 29.8 Å². The molecule has 1 aliphatic carbocycles. The van der Waals surface area contributed by atoms with Crippen LogP contribution in [0.2, 0.25) is 0 Å². The topological polar surface area (TPSA) is 35.5 Å². The Hall–Kier alpha value is -1.51. The minimum absolute atomic E-state index is 0.106. The van der Waals surface area contributed by atoms with Crippen LogP contribution in [0.1, 0.15) is 51.0 Å². The Bertz CT molecular complexity index is 493. The maximum Gasteiger partial charge on any atom is 0.305 e. The summed E-state index contributed by atoms with van der Waals surface area (Å²) < 4.78 is 10.2. The van der Waals surface area contributed by atoms with Gasteiger partial charge in [0.05, 0.1) is 14.2 Å². The first-order chi connectivity index (χ1) is 9.95. The molecule has 2 atom stereocenters. The summed E-state index contributed by atoms with van der Waals surface area (Å²) in [4.78, 5) is 11.7. The van der Waals surface area contributed by atoms with Gasteiger partial charge in [-0.15, -0.1) is 0 Å². The molecule has 0 N–H and O–H groups in total. The van der Waals surface area contributed by atoms with Gasteiger partial charge in [0.2, 0.25) is 0 Å². The van der Waals surface area contributed by atoms with E-state index in [0.29, 0.717) is 23.7 Å². The quantitative estimate of drug-likeness (QED) is 0.781. The summed E-state index contributed by atoms with van der Waals surface area (Å²) in [6.45, 7) is 4.58. The Morgan fingerprint density at radius 3 is 2.76 bits per heavy atom. The molecule has 0 unspecified atom stereocenters. The van der Waals surface area contributed by atoms with E-state index in [1.807, 2.05) is 12.1 Å². The second-order valence-electron chi connectivity index (χ2n) is 6.83. The van der Waals surface area contributed by atoms with Crippen LogP contribution in [0.25, 0.3) is 0 Å². The molecule has 0 aliphatic heterocycles. The van der Waals surface area contributed by atoms with Crippen LogP contribution in [0, 0.1) is 11.3 Å². The summed E-state index contributed by atoms with van der Waals surface area (Å²) >= 11 is 0. The number of hydrogen-bond donors (Lipinski definition) is 0. The number of benzene rings is 1. The Kier molecular flexibility index (Phi) is 4.92. The molecule has 2 rings (SSSR count). The highest BCUT2D eigenvalue weighted by molar-refractivity contribution is 5.69. The number of hydrogen-bond acceptors (Lipinski definition) is 3. The summed E-state index contributed by atoms with van der Waals surface area (Å²) in [6, 6.07) is 8.25. The lowest BCUT2D eigenvalue weighted by atomic mass is 9.64. The highest BCUT2D eigenvalue weighted by Gasteiger charge is 2.36. The van der Waals surface area contributed by atoms with Crippen molar-refractivity contribution in [1.82, 2.24) is 0 Å². The molecule has 1 fully saturated rings. The molecule has 0 spiro atoms. The zero-order valence-electron chi connectivity index (χ0n) is 13.5. The largest absolute Gasteiger partial charge is 0.497 e. The van der Waals surface area contributed by atoms with E-state index in [1.165, 1.54) is 19.1 Å². The number of carbonyl (C=O) groups excluding carboxylic acids is 1. The Morgan fingerprint density at radius 1 is 1.33 bits per heavy atom. The maximum absolute atomic E-state index is 11.7. The van der Waals surface area contributed by atoms with Crippen LogP contribution in [-0.2, 0) is 9.53 Å².